The van der Waals surface area contributed by atoms with E-state index < -0.39 is 15.8 Å². The van der Waals surface area contributed by atoms with Gasteiger partial charge in [-0.3, -0.25) is 0 Å². The number of halogens is 1. The molecule has 3 rings (SSSR count). The van der Waals surface area contributed by atoms with E-state index in [-0.39, 0.29) is 10.6 Å². The maximum absolute atomic E-state index is 13.5. The van der Waals surface area contributed by atoms with E-state index in [1.807, 2.05) is 5.38 Å². The van der Waals surface area contributed by atoms with Gasteiger partial charge < -0.3 is 4.74 Å². The van der Waals surface area contributed by atoms with Crippen molar-refractivity contribution in [2.75, 3.05) is 20.2 Å². The standard InChI is InChI=1S/C16H18FNO3S2/c1-21-15-3-2-14(17)10-16(15)23(19,20)18-7-4-12(5-8-18)13-6-9-22-11-13/h2-3,6,9-12H,4-5,7-8H2,1H3. The van der Waals surface area contributed by atoms with Gasteiger partial charge in [-0.05, 0) is 59.3 Å². The Morgan fingerprint density at radius 3 is 2.61 bits per heavy atom. The highest BCUT2D eigenvalue weighted by Gasteiger charge is 2.32. The molecule has 1 saturated heterocycles. The molecule has 0 atom stereocenters. The minimum absolute atomic E-state index is 0.103. The summed E-state index contributed by atoms with van der Waals surface area (Å²) in [7, 11) is -2.36. The number of ether oxygens (including phenoxy) is 1. The van der Waals surface area contributed by atoms with Gasteiger partial charge in [0.05, 0.1) is 7.11 Å². The Hall–Kier alpha value is -1.44. The molecule has 0 radical (unpaired) electrons. The summed E-state index contributed by atoms with van der Waals surface area (Å²) in [6.07, 6.45) is 1.54. The van der Waals surface area contributed by atoms with E-state index >= 15 is 0 Å². The van der Waals surface area contributed by atoms with Crippen molar-refractivity contribution in [1.82, 2.24) is 4.31 Å². The SMILES string of the molecule is COc1ccc(F)cc1S(=O)(=O)N1CCC(c2ccsc2)CC1. The molecule has 4 nitrogen and oxygen atoms in total. The second-order valence-corrected chi connectivity index (χ2v) is 8.22. The number of piperidine rings is 1. The topological polar surface area (TPSA) is 46.6 Å². The molecule has 0 bridgehead atoms. The summed E-state index contributed by atoms with van der Waals surface area (Å²) in [6, 6.07) is 5.66. The summed E-state index contributed by atoms with van der Waals surface area (Å²) in [5, 5.41) is 4.15. The van der Waals surface area contributed by atoms with Crippen molar-refractivity contribution >= 4 is 21.4 Å². The van der Waals surface area contributed by atoms with Crippen LogP contribution < -0.4 is 4.74 Å². The van der Waals surface area contributed by atoms with Crippen LogP contribution in [0.1, 0.15) is 24.3 Å². The quantitative estimate of drug-likeness (QED) is 0.844. The zero-order valence-electron chi connectivity index (χ0n) is 12.7. The van der Waals surface area contributed by atoms with Crippen LogP contribution in [-0.2, 0) is 10.0 Å². The molecule has 1 aromatic heterocycles. The lowest BCUT2D eigenvalue weighted by molar-refractivity contribution is 0.317. The normalized spacial score (nSPS) is 17.3. The van der Waals surface area contributed by atoms with Gasteiger partial charge in [-0.15, -0.1) is 0 Å². The van der Waals surface area contributed by atoms with Crippen molar-refractivity contribution < 1.29 is 17.5 Å². The molecule has 1 aliphatic rings. The molecule has 124 valence electrons. The van der Waals surface area contributed by atoms with Crippen LogP contribution in [0.5, 0.6) is 5.75 Å². The number of sulfonamides is 1. The third kappa shape index (κ3) is 3.27. The van der Waals surface area contributed by atoms with Crippen molar-refractivity contribution in [3.8, 4) is 5.75 Å². The lowest BCUT2D eigenvalue weighted by Gasteiger charge is -2.31. The van der Waals surface area contributed by atoms with Crippen LogP contribution in [0.2, 0.25) is 0 Å². The second-order valence-electron chi connectivity index (χ2n) is 5.53. The first-order valence-corrected chi connectivity index (χ1v) is 9.76. The molecule has 2 aromatic rings. The van der Waals surface area contributed by atoms with E-state index in [0.717, 1.165) is 18.9 Å². The van der Waals surface area contributed by atoms with Gasteiger partial charge in [0, 0.05) is 13.1 Å². The minimum atomic E-state index is -3.75. The van der Waals surface area contributed by atoms with Gasteiger partial charge in [0.25, 0.3) is 0 Å². The highest BCUT2D eigenvalue weighted by atomic mass is 32.2. The predicted octanol–water partition coefficient (Wildman–Crippen LogP) is 3.46. The van der Waals surface area contributed by atoms with Gasteiger partial charge >= 0.3 is 0 Å². The van der Waals surface area contributed by atoms with Crippen LogP contribution in [-0.4, -0.2) is 32.9 Å². The molecule has 0 amide bonds. The zero-order valence-corrected chi connectivity index (χ0v) is 14.4. The maximum atomic E-state index is 13.5. The Labute approximate surface area is 139 Å². The third-order valence-electron chi connectivity index (χ3n) is 4.21. The van der Waals surface area contributed by atoms with Crippen molar-refractivity contribution in [2.24, 2.45) is 0 Å². The summed E-state index contributed by atoms with van der Waals surface area (Å²) in [4.78, 5) is -0.103. The Kier molecular flexibility index (Phi) is 4.70. The molecule has 7 heteroatoms. The van der Waals surface area contributed by atoms with Crippen LogP contribution in [0.15, 0.2) is 39.9 Å². The maximum Gasteiger partial charge on any atom is 0.246 e. The Balaban J connectivity index is 1.81. The summed E-state index contributed by atoms with van der Waals surface area (Å²) >= 11 is 1.65. The Morgan fingerprint density at radius 1 is 1.26 bits per heavy atom. The predicted molar refractivity (Wildman–Crippen MR) is 88.0 cm³/mol. The Bertz CT molecular complexity index is 767. The monoisotopic (exact) mass is 355 g/mol. The molecule has 2 heterocycles. The number of thiophene rings is 1. The van der Waals surface area contributed by atoms with E-state index in [4.69, 9.17) is 4.74 Å². The molecular weight excluding hydrogens is 337 g/mol. The van der Waals surface area contributed by atoms with Crippen LogP contribution in [0.3, 0.4) is 0 Å². The third-order valence-corrected chi connectivity index (χ3v) is 6.83. The fourth-order valence-electron chi connectivity index (χ4n) is 2.93. The molecular formula is C16H18FNO3S2. The van der Waals surface area contributed by atoms with E-state index in [1.54, 1.807) is 11.3 Å². The zero-order chi connectivity index (χ0) is 16.4. The molecule has 1 fully saturated rings. The van der Waals surface area contributed by atoms with E-state index in [9.17, 15) is 12.8 Å². The van der Waals surface area contributed by atoms with Crippen LogP contribution in [0.25, 0.3) is 0 Å². The average molecular weight is 355 g/mol. The van der Waals surface area contributed by atoms with Gasteiger partial charge in [-0.1, -0.05) is 0 Å². The number of hydrogen-bond acceptors (Lipinski definition) is 4. The van der Waals surface area contributed by atoms with Crippen molar-refractivity contribution in [2.45, 2.75) is 23.7 Å². The minimum Gasteiger partial charge on any atom is -0.495 e. The van der Waals surface area contributed by atoms with Crippen LogP contribution in [0, 0.1) is 5.82 Å². The lowest BCUT2D eigenvalue weighted by atomic mass is 9.92. The van der Waals surface area contributed by atoms with Gasteiger partial charge in [0.1, 0.15) is 16.5 Å². The number of methoxy groups -OCH3 is 1. The molecule has 1 aliphatic heterocycles. The van der Waals surface area contributed by atoms with Crippen LogP contribution >= 0.6 is 11.3 Å². The largest absolute Gasteiger partial charge is 0.495 e. The highest BCUT2D eigenvalue weighted by molar-refractivity contribution is 7.89. The van der Waals surface area contributed by atoms with Gasteiger partial charge in [0.2, 0.25) is 10.0 Å². The smallest absolute Gasteiger partial charge is 0.246 e. The first-order chi connectivity index (χ1) is 11.0. The summed E-state index contributed by atoms with van der Waals surface area (Å²) < 4.78 is 45.6. The Morgan fingerprint density at radius 2 is 2.00 bits per heavy atom. The van der Waals surface area contributed by atoms with E-state index in [0.29, 0.717) is 19.0 Å². The highest BCUT2D eigenvalue weighted by Crippen LogP contribution is 2.34. The molecule has 0 spiro atoms. The first-order valence-electron chi connectivity index (χ1n) is 7.38. The number of benzene rings is 1. The fraction of sp³-hybridized carbons (Fsp3) is 0.375. The van der Waals surface area contributed by atoms with E-state index in [1.165, 1.54) is 29.1 Å². The van der Waals surface area contributed by atoms with Gasteiger partial charge in [0.15, 0.2) is 0 Å². The second kappa shape index (κ2) is 6.59. The number of nitrogens with zero attached hydrogens (tertiary/aromatic N) is 1. The molecule has 0 N–H and O–H groups in total. The lowest BCUT2D eigenvalue weighted by Crippen LogP contribution is -2.38. The fourth-order valence-corrected chi connectivity index (χ4v) is 5.31. The van der Waals surface area contributed by atoms with Crippen molar-refractivity contribution in [3.63, 3.8) is 0 Å². The molecule has 23 heavy (non-hydrogen) atoms. The van der Waals surface area contributed by atoms with Gasteiger partial charge in [-0.25, -0.2) is 12.8 Å². The van der Waals surface area contributed by atoms with Gasteiger partial charge in [-0.2, -0.15) is 15.6 Å². The molecule has 0 saturated carbocycles. The summed E-state index contributed by atoms with van der Waals surface area (Å²) in [5.74, 6) is -0.0222. The molecule has 0 aliphatic carbocycles. The average Bonchev–Trinajstić information content (AvgIpc) is 3.09. The summed E-state index contributed by atoms with van der Waals surface area (Å²) in [5.41, 5.74) is 1.27. The number of hydrogen-bond donors (Lipinski definition) is 0. The first kappa shape index (κ1) is 16.4. The molecule has 0 unspecified atom stereocenters. The molecule has 1 aromatic carbocycles. The van der Waals surface area contributed by atoms with E-state index in [2.05, 4.69) is 11.4 Å². The van der Waals surface area contributed by atoms with Crippen LogP contribution in [0.4, 0.5) is 4.39 Å². The summed E-state index contributed by atoms with van der Waals surface area (Å²) in [6.45, 7) is 0.866. The van der Waals surface area contributed by atoms with Crippen molar-refractivity contribution in [1.29, 1.82) is 0 Å². The number of rotatable bonds is 4. The van der Waals surface area contributed by atoms with Crippen molar-refractivity contribution in [3.05, 3.63) is 46.4 Å².